The molecule has 0 bridgehead atoms. The molecule has 0 radical (unpaired) electrons. The molecule has 1 aromatic heterocycles. The summed E-state index contributed by atoms with van der Waals surface area (Å²) in [5.41, 5.74) is 12.7. The molecular weight excluding hydrogens is 324 g/mol. The van der Waals surface area contributed by atoms with Gasteiger partial charge in [0.1, 0.15) is 5.01 Å². The number of primary amides is 2. The number of carbonyl (C=O) groups is 2. The van der Waals surface area contributed by atoms with Crippen LogP contribution >= 0.6 is 11.3 Å². The molecule has 0 unspecified atom stereocenters. The van der Waals surface area contributed by atoms with Crippen LogP contribution in [0.5, 0.6) is 0 Å². The molecule has 2 heterocycles. The number of carbonyl (C=O) groups excluding carboxylic acids is 2. The average Bonchev–Trinajstić information content (AvgIpc) is 3.09. The van der Waals surface area contributed by atoms with Gasteiger partial charge in [-0.15, -0.1) is 11.3 Å². The minimum absolute atomic E-state index is 0.303. The molecule has 122 valence electrons. The Morgan fingerprint density at radius 1 is 1.08 bits per heavy atom. The Morgan fingerprint density at radius 2 is 1.71 bits per heavy atom. The lowest BCUT2D eigenvalue weighted by atomic mass is 9.89. The van der Waals surface area contributed by atoms with Crippen LogP contribution in [0.1, 0.15) is 16.5 Å². The van der Waals surface area contributed by atoms with Gasteiger partial charge in [0.15, 0.2) is 0 Å². The van der Waals surface area contributed by atoms with Crippen LogP contribution in [0, 0.1) is 0 Å². The van der Waals surface area contributed by atoms with E-state index in [-0.39, 0.29) is 0 Å². The number of hydrogen-bond donors (Lipinski definition) is 2. The maximum absolute atomic E-state index is 12.0. The first-order valence-electron chi connectivity index (χ1n) is 7.28. The van der Waals surface area contributed by atoms with Crippen molar-refractivity contribution >= 4 is 23.2 Å². The van der Waals surface area contributed by atoms with E-state index in [2.05, 4.69) is 4.98 Å². The molecule has 6 nitrogen and oxygen atoms in total. The van der Waals surface area contributed by atoms with Gasteiger partial charge in [-0.3, -0.25) is 9.59 Å². The minimum atomic E-state index is -0.618. The lowest BCUT2D eigenvalue weighted by Gasteiger charge is -2.28. The van der Waals surface area contributed by atoms with E-state index in [1.165, 1.54) is 11.3 Å². The summed E-state index contributed by atoms with van der Waals surface area (Å²) in [5.74, 6) is -1.81. The van der Waals surface area contributed by atoms with E-state index in [1.807, 2.05) is 30.3 Å². The quantitative estimate of drug-likeness (QED) is 0.860. The lowest BCUT2D eigenvalue weighted by Crippen LogP contribution is -2.32. The van der Waals surface area contributed by atoms with Crippen molar-refractivity contribution in [2.45, 2.75) is 12.5 Å². The molecule has 1 aromatic carbocycles. The van der Waals surface area contributed by atoms with Crippen LogP contribution in [0.3, 0.4) is 0 Å². The Hall–Kier alpha value is -2.93. The Morgan fingerprint density at radius 3 is 2.21 bits per heavy atom. The molecule has 1 aliphatic heterocycles. The van der Waals surface area contributed by atoms with Crippen molar-refractivity contribution in [1.82, 2.24) is 9.88 Å². The summed E-state index contributed by atoms with van der Waals surface area (Å²) >= 11 is 1.35. The molecule has 0 saturated carbocycles. The average molecular weight is 340 g/mol. The fourth-order valence-corrected chi connectivity index (χ4v) is 3.42. The Labute approximate surface area is 143 Å². The third kappa shape index (κ3) is 3.21. The summed E-state index contributed by atoms with van der Waals surface area (Å²) in [6.45, 7) is 0.499. The fraction of sp³-hybridized carbons (Fsp3) is 0.118. The lowest BCUT2D eigenvalue weighted by molar-refractivity contribution is -0.115. The minimum Gasteiger partial charge on any atom is -0.366 e. The molecule has 2 amide bonds. The van der Waals surface area contributed by atoms with Crippen molar-refractivity contribution < 1.29 is 9.59 Å². The summed E-state index contributed by atoms with van der Waals surface area (Å²) in [7, 11) is 0. The van der Waals surface area contributed by atoms with Crippen LogP contribution in [0.4, 0.5) is 0 Å². The van der Waals surface area contributed by atoms with Gasteiger partial charge in [0.2, 0.25) is 11.8 Å². The number of hydrogen-bond acceptors (Lipinski definition) is 5. The number of nitrogens with zero attached hydrogens (tertiary/aromatic N) is 2. The van der Waals surface area contributed by atoms with E-state index in [1.54, 1.807) is 28.9 Å². The molecule has 3 rings (SSSR count). The Balaban J connectivity index is 2.01. The van der Waals surface area contributed by atoms with Gasteiger partial charge in [0, 0.05) is 41.7 Å². The second-order valence-corrected chi connectivity index (χ2v) is 6.28. The van der Waals surface area contributed by atoms with E-state index in [4.69, 9.17) is 11.5 Å². The highest BCUT2D eigenvalue weighted by Crippen LogP contribution is 2.36. The highest BCUT2D eigenvalue weighted by molar-refractivity contribution is 7.09. The van der Waals surface area contributed by atoms with E-state index in [0.717, 1.165) is 5.56 Å². The summed E-state index contributed by atoms with van der Waals surface area (Å²) in [6, 6.07) is 9.70. The smallest absolute Gasteiger partial charge is 0.247 e. The predicted molar refractivity (Wildman–Crippen MR) is 91.4 cm³/mol. The second kappa shape index (κ2) is 6.67. The van der Waals surface area contributed by atoms with Crippen LogP contribution in [0.15, 0.2) is 65.5 Å². The van der Waals surface area contributed by atoms with Crippen molar-refractivity contribution in [1.29, 1.82) is 0 Å². The van der Waals surface area contributed by atoms with Gasteiger partial charge < -0.3 is 16.4 Å². The molecule has 0 saturated heterocycles. The maximum atomic E-state index is 12.0. The van der Waals surface area contributed by atoms with Crippen LogP contribution in [0.25, 0.3) is 0 Å². The van der Waals surface area contributed by atoms with E-state index in [9.17, 15) is 9.59 Å². The second-order valence-electron chi connectivity index (χ2n) is 5.36. The predicted octanol–water partition coefficient (Wildman–Crippen LogP) is 1.48. The molecule has 24 heavy (non-hydrogen) atoms. The molecule has 0 fully saturated rings. The number of aromatic nitrogens is 1. The van der Waals surface area contributed by atoms with Gasteiger partial charge >= 0.3 is 0 Å². The van der Waals surface area contributed by atoms with Crippen LogP contribution < -0.4 is 11.5 Å². The Kier molecular flexibility index (Phi) is 4.43. The first-order valence-corrected chi connectivity index (χ1v) is 8.16. The summed E-state index contributed by atoms with van der Waals surface area (Å²) in [4.78, 5) is 29.9. The van der Waals surface area contributed by atoms with Gasteiger partial charge in [-0.05, 0) is 5.56 Å². The standard InChI is InChI=1S/C17H16N4O2S/c18-15(22)12-9-21(8-11-4-2-1-3-5-11)10-13(16(19)23)14(12)17-20-6-7-24-17/h1-7,9-10,14H,8H2,(H2,18,22)(H2,19,23). The summed E-state index contributed by atoms with van der Waals surface area (Å²) in [5, 5.41) is 2.40. The molecule has 2 aromatic rings. The fourth-order valence-electron chi connectivity index (χ4n) is 2.65. The zero-order valence-corrected chi connectivity index (χ0v) is 13.6. The monoisotopic (exact) mass is 340 g/mol. The normalized spacial score (nSPS) is 14.9. The molecule has 0 atom stereocenters. The van der Waals surface area contributed by atoms with Gasteiger partial charge in [0.25, 0.3) is 0 Å². The third-order valence-electron chi connectivity index (χ3n) is 3.71. The number of thiazole rings is 1. The molecule has 1 aliphatic rings. The number of benzene rings is 1. The van der Waals surface area contributed by atoms with Gasteiger partial charge in [-0.25, -0.2) is 4.98 Å². The van der Waals surface area contributed by atoms with Crippen molar-refractivity contribution in [2.75, 3.05) is 0 Å². The SMILES string of the molecule is NC(=O)C1=CN(Cc2ccccc2)C=C(C(N)=O)C1c1nccs1. The topological polar surface area (TPSA) is 102 Å². The van der Waals surface area contributed by atoms with Gasteiger partial charge in [0.05, 0.1) is 5.92 Å². The van der Waals surface area contributed by atoms with Crippen molar-refractivity contribution in [3.63, 3.8) is 0 Å². The van der Waals surface area contributed by atoms with E-state index < -0.39 is 17.7 Å². The number of rotatable bonds is 5. The van der Waals surface area contributed by atoms with E-state index >= 15 is 0 Å². The third-order valence-corrected chi connectivity index (χ3v) is 4.55. The first-order chi connectivity index (χ1) is 11.6. The van der Waals surface area contributed by atoms with Gasteiger partial charge in [-0.1, -0.05) is 30.3 Å². The van der Waals surface area contributed by atoms with Crippen molar-refractivity contribution in [2.24, 2.45) is 11.5 Å². The summed E-state index contributed by atoms with van der Waals surface area (Å²) < 4.78 is 0. The zero-order chi connectivity index (χ0) is 17.1. The van der Waals surface area contributed by atoms with Crippen LogP contribution in [-0.4, -0.2) is 21.7 Å². The molecular formula is C17H16N4O2S. The largest absolute Gasteiger partial charge is 0.366 e. The first kappa shape index (κ1) is 15.9. The maximum Gasteiger partial charge on any atom is 0.247 e. The highest BCUT2D eigenvalue weighted by Gasteiger charge is 2.33. The number of amides is 2. The van der Waals surface area contributed by atoms with Crippen molar-refractivity contribution in [3.8, 4) is 0 Å². The number of nitrogens with two attached hydrogens (primary N) is 2. The van der Waals surface area contributed by atoms with Gasteiger partial charge in [-0.2, -0.15) is 0 Å². The van der Waals surface area contributed by atoms with Crippen molar-refractivity contribution in [3.05, 3.63) is 76.0 Å². The molecule has 7 heteroatoms. The summed E-state index contributed by atoms with van der Waals surface area (Å²) in [6.07, 6.45) is 4.94. The van der Waals surface area contributed by atoms with Crippen LogP contribution in [0.2, 0.25) is 0 Å². The molecule has 4 N–H and O–H groups in total. The Bertz CT molecular complexity index is 780. The molecule has 0 spiro atoms. The zero-order valence-electron chi connectivity index (χ0n) is 12.8. The van der Waals surface area contributed by atoms with Crippen LogP contribution in [-0.2, 0) is 16.1 Å². The molecule has 0 aliphatic carbocycles. The van der Waals surface area contributed by atoms with E-state index in [0.29, 0.717) is 22.7 Å². The highest BCUT2D eigenvalue weighted by atomic mass is 32.1.